The van der Waals surface area contributed by atoms with Crippen LogP contribution in [-0.2, 0) is 0 Å². The van der Waals surface area contributed by atoms with Gasteiger partial charge in [-0.15, -0.1) is 0 Å². The molecule has 0 nitrogen and oxygen atoms in total. The van der Waals surface area contributed by atoms with Gasteiger partial charge in [0.1, 0.15) is 0 Å². The number of hydrogen-bond acceptors (Lipinski definition) is 0. The number of halogens is 2. The normalized spacial score (nSPS) is 12.0. The molecule has 0 aromatic rings. The number of alkyl halides is 2. The lowest BCUT2D eigenvalue weighted by molar-refractivity contribution is 0.0105. The zero-order chi connectivity index (χ0) is 7.33. The Hall–Kier alpha value is -0.140. The Balaban J connectivity index is 3.07. The van der Waals surface area contributed by atoms with E-state index < -0.39 is 5.92 Å². The van der Waals surface area contributed by atoms with Crippen LogP contribution in [0.15, 0.2) is 0 Å². The molecule has 0 aromatic carbocycles. The lowest BCUT2D eigenvalue weighted by Gasteiger charge is -2.07. The summed E-state index contributed by atoms with van der Waals surface area (Å²) in [5, 5.41) is 0. The second-order valence-corrected chi connectivity index (χ2v) is 2.53. The molecule has 0 spiro atoms. The summed E-state index contributed by atoms with van der Waals surface area (Å²) in [6, 6.07) is 0. The molecule has 9 heavy (non-hydrogen) atoms. The predicted molar refractivity (Wildman–Crippen MR) is 34.8 cm³/mol. The lowest BCUT2D eigenvalue weighted by Crippen LogP contribution is -2.08. The standard InChI is InChI=1S/C7H14F2/c1-3-4-5-6-7(2,8)9/h3-6H2,1-2H3. The van der Waals surface area contributed by atoms with Crippen molar-refractivity contribution in [3.8, 4) is 0 Å². The smallest absolute Gasteiger partial charge is 0.207 e. The molecule has 56 valence electrons. The van der Waals surface area contributed by atoms with E-state index in [9.17, 15) is 8.78 Å². The summed E-state index contributed by atoms with van der Waals surface area (Å²) in [7, 11) is 0. The van der Waals surface area contributed by atoms with Crippen LogP contribution in [0.25, 0.3) is 0 Å². The van der Waals surface area contributed by atoms with Crippen molar-refractivity contribution < 1.29 is 8.78 Å². The van der Waals surface area contributed by atoms with Crippen LogP contribution in [0.1, 0.15) is 39.5 Å². The molecular formula is C7H14F2. The van der Waals surface area contributed by atoms with Crippen LogP contribution < -0.4 is 0 Å². The van der Waals surface area contributed by atoms with E-state index in [1.54, 1.807) is 0 Å². The SMILES string of the molecule is CCCCCC(C)(F)F. The van der Waals surface area contributed by atoms with Gasteiger partial charge in [0.15, 0.2) is 0 Å². The maximum Gasteiger partial charge on any atom is 0.245 e. The van der Waals surface area contributed by atoms with Crippen LogP contribution >= 0.6 is 0 Å². The number of rotatable bonds is 4. The molecule has 0 aliphatic heterocycles. The molecule has 0 amide bonds. The van der Waals surface area contributed by atoms with Crippen LogP contribution in [0, 0.1) is 0 Å². The number of unbranched alkanes of at least 4 members (excludes halogenated alkanes) is 2. The first kappa shape index (κ1) is 8.86. The van der Waals surface area contributed by atoms with Gasteiger partial charge in [-0.3, -0.25) is 0 Å². The molecule has 0 heterocycles. The average Bonchev–Trinajstić information content (AvgIpc) is 1.63. The van der Waals surface area contributed by atoms with Crippen molar-refractivity contribution in [1.29, 1.82) is 0 Å². The first-order chi connectivity index (χ1) is 4.06. The fraction of sp³-hybridized carbons (Fsp3) is 1.00. The Morgan fingerprint density at radius 1 is 1.22 bits per heavy atom. The van der Waals surface area contributed by atoms with E-state index in [-0.39, 0.29) is 6.42 Å². The highest BCUT2D eigenvalue weighted by atomic mass is 19.3. The van der Waals surface area contributed by atoms with Crippen LogP contribution in [0.5, 0.6) is 0 Å². The minimum atomic E-state index is -2.45. The van der Waals surface area contributed by atoms with Crippen molar-refractivity contribution >= 4 is 0 Å². The Morgan fingerprint density at radius 2 is 1.78 bits per heavy atom. The van der Waals surface area contributed by atoms with E-state index in [2.05, 4.69) is 0 Å². The van der Waals surface area contributed by atoms with Crippen molar-refractivity contribution in [3.63, 3.8) is 0 Å². The van der Waals surface area contributed by atoms with Gasteiger partial charge in [-0.05, 0) is 13.3 Å². The minimum Gasteiger partial charge on any atom is -0.207 e. The van der Waals surface area contributed by atoms with E-state index >= 15 is 0 Å². The third kappa shape index (κ3) is 7.86. The summed E-state index contributed by atoms with van der Waals surface area (Å²) >= 11 is 0. The zero-order valence-corrected chi connectivity index (χ0v) is 6.08. The van der Waals surface area contributed by atoms with Gasteiger partial charge in [-0.2, -0.15) is 0 Å². The van der Waals surface area contributed by atoms with Crippen molar-refractivity contribution in [2.75, 3.05) is 0 Å². The molecule has 0 rings (SSSR count). The molecule has 0 unspecified atom stereocenters. The summed E-state index contributed by atoms with van der Waals surface area (Å²) < 4.78 is 24.1. The maximum absolute atomic E-state index is 12.0. The Morgan fingerprint density at radius 3 is 2.11 bits per heavy atom. The topological polar surface area (TPSA) is 0 Å². The molecule has 0 aliphatic carbocycles. The molecule has 0 radical (unpaired) electrons. The Labute approximate surface area is 55.3 Å². The minimum absolute atomic E-state index is 0.0425. The lowest BCUT2D eigenvalue weighted by atomic mass is 10.1. The van der Waals surface area contributed by atoms with Crippen molar-refractivity contribution in [1.82, 2.24) is 0 Å². The fourth-order valence-corrected chi connectivity index (χ4v) is 0.685. The number of hydrogen-bond donors (Lipinski definition) is 0. The molecule has 0 fully saturated rings. The van der Waals surface area contributed by atoms with Gasteiger partial charge in [0, 0.05) is 6.42 Å². The van der Waals surface area contributed by atoms with Gasteiger partial charge in [0.05, 0.1) is 0 Å². The van der Waals surface area contributed by atoms with E-state index in [4.69, 9.17) is 0 Å². The van der Waals surface area contributed by atoms with Gasteiger partial charge in [-0.1, -0.05) is 19.8 Å². The van der Waals surface area contributed by atoms with Crippen LogP contribution in [0.3, 0.4) is 0 Å². The summed E-state index contributed by atoms with van der Waals surface area (Å²) in [4.78, 5) is 0. The highest BCUT2D eigenvalue weighted by molar-refractivity contribution is 4.56. The molecule has 0 bridgehead atoms. The maximum atomic E-state index is 12.0. The van der Waals surface area contributed by atoms with Crippen molar-refractivity contribution in [2.45, 2.75) is 45.5 Å². The third-order valence-corrected chi connectivity index (χ3v) is 1.22. The second-order valence-electron chi connectivity index (χ2n) is 2.53. The van der Waals surface area contributed by atoms with E-state index in [1.165, 1.54) is 0 Å². The highest BCUT2D eigenvalue weighted by Gasteiger charge is 2.19. The van der Waals surface area contributed by atoms with Crippen LogP contribution in [0.4, 0.5) is 8.78 Å². The first-order valence-corrected chi connectivity index (χ1v) is 3.44. The molecule has 0 atom stereocenters. The van der Waals surface area contributed by atoms with Gasteiger partial charge in [0.25, 0.3) is 0 Å². The van der Waals surface area contributed by atoms with Gasteiger partial charge in [-0.25, -0.2) is 8.78 Å². The van der Waals surface area contributed by atoms with Gasteiger partial charge >= 0.3 is 0 Å². The molecule has 0 aliphatic rings. The fourth-order valence-electron chi connectivity index (χ4n) is 0.685. The average molecular weight is 136 g/mol. The molecule has 0 aromatic heterocycles. The van der Waals surface area contributed by atoms with Gasteiger partial charge < -0.3 is 0 Å². The Kier molecular flexibility index (Phi) is 3.75. The predicted octanol–water partition coefficient (Wildman–Crippen LogP) is 3.22. The molecule has 2 heteroatoms. The van der Waals surface area contributed by atoms with Crippen molar-refractivity contribution in [2.24, 2.45) is 0 Å². The summed E-state index contributed by atoms with van der Waals surface area (Å²) in [5.41, 5.74) is 0. The first-order valence-electron chi connectivity index (χ1n) is 3.44. The monoisotopic (exact) mass is 136 g/mol. The Bertz CT molecular complexity index is 63.8. The van der Waals surface area contributed by atoms with E-state index in [1.807, 2.05) is 6.92 Å². The molecular weight excluding hydrogens is 122 g/mol. The van der Waals surface area contributed by atoms with Gasteiger partial charge in [0.2, 0.25) is 5.92 Å². The molecule has 0 saturated carbocycles. The second kappa shape index (κ2) is 3.80. The van der Waals surface area contributed by atoms with Crippen LogP contribution in [0.2, 0.25) is 0 Å². The van der Waals surface area contributed by atoms with E-state index in [0.717, 1.165) is 19.8 Å². The quantitative estimate of drug-likeness (QED) is 0.520. The summed E-state index contributed by atoms with van der Waals surface area (Å²) in [5.74, 6) is -2.45. The zero-order valence-electron chi connectivity index (χ0n) is 6.08. The third-order valence-electron chi connectivity index (χ3n) is 1.22. The molecule has 0 N–H and O–H groups in total. The molecule has 0 saturated heterocycles. The highest BCUT2D eigenvalue weighted by Crippen LogP contribution is 2.19. The van der Waals surface area contributed by atoms with E-state index in [0.29, 0.717) is 6.42 Å². The largest absolute Gasteiger partial charge is 0.245 e. The van der Waals surface area contributed by atoms with Crippen LogP contribution in [-0.4, -0.2) is 5.92 Å². The van der Waals surface area contributed by atoms with Crippen molar-refractivity contribution in [3.05, 3.63) is 0 Å². The summed E-state index contributed by atoms with van der Waals surface area (Å²) in [6.07, 6.45) is 2.63. The summed E-state index contributed by atoms with van der Waals surface area (Å²) in [6.45, 7) is 2.98.